The lowest BCUT2D eigenvalue weighted by Gasteiger charge is -2.15. The van der Waals surface area contributed by atoms with E-state index in [1.54, 1.807) is 0 Å². The minimum absolute atomic E-state index is 0.100. The number of fused-ring (bicyclic) bond motifs is 1. The number of amides is 2. The summed E-state index contributed by atoms with van der Waals surface area (Å²) in [6.45, 7) is 5.63. The number of nitrogens with two attached hydrogens (primary N) is 1. The molecule has 200 valence electrons. The van der Waals surface area contributed by atoms with Crippen molar-refractivity contribution in [3.05, 3.63) is 77.0 Å². The van der Waals surface area contributed by atoms with Crippen LogP contribution in [0.1, 0.15) is 48.7 Å². The Morgan fingerprint density at radius 1 is 1.16 bits per heavy atom. The van der Waals surface area contributed by atoms with Crippen molar-refractivity contribution < 1.29 is 27.5 Å². The zero-order valence-corrected chi connectivity index (χ0v) is 21.3. The van der Waals surface area contributed by atoms with Gasteiger partial charge in [0.2, 0.25) is 5.91 Å². The first-order valence-corrected chi connectivity index (χ1v) is 11.6. The van der Waals surface area contributed by atoms with Gasteiger partial charge >= 0.3 is 0 Å². The van der Waals surface area contributed by atoms with Gasteiger partial charge in [0.1, 0.15) is 17.3 Å². The van der Waals surface area contributed by atoms with Crippen LogP contribution in [0.25, 0.3) is 10.9 Å². The monoisotopic (exact) mass is 527 g/mol. The summed E-state index contributed by atoms with van der Waals surface area (Å²) in [5, 5.41) is 5.19. The second-order valence-corrected chi connectivity index (χ2v) is 9.29. The number of hydrogen-bond acceptors (Lipinski definition) is 6. The number of carbonyl (C=O) groups is 2. The zero-order chi connectivity index (χ0) is 28.0. The Bertz CT molecular complexity index is 1420. The van der Waals surface area contributed by atoms with Gasteiger partial charge in [0, 0.05) is 37.1 Å². The average molecular weight is 528 g/mol. The highest BCUT2D eigenvalue weighted by molar-refractivity contribution is 5.99. The molecular weight excluding hydrogens is 499 g/mol. The summed E-state index contributed by atoms with van der Waals surface area (Å²) in [5.41, 5.74) is 5.26. The first-order valence-electron chi connectivity index (χ1n) is 11.6. The van der Waals surface area contributed by atoms with E-state index in [1.165, 1.54) is 56.0 Å². The second-order valence-electron chi connectivity index (χ2n) is 9.29. The smallest absolute Gasteiger partial charge is 0.267 e. The first kappa shape index (κ1) is 28.2. The lowest BCUT2D eigenvalue weighted by Crippen LogP contribution is -2.26. The molecule has 0 aliphatic heterocycles. The molecule has 0 bridgehead atoms. The predicted molar refractivity (Wildman–Crippen MR) is 139 cm³/mol. The van der Waals surface area contributed by atoms with Gasteiger partial charge in [-0.2, -0.15) is 0 Å². The number of pyridine rings is 1. The SMILES string of the molecule is CNC(=O)c1cc2c(Oc3ccc(CC(=O)N/C(C=NC(C)(C)C)=C/N)cc3C(F)F)ccnc2cc1F. The maximum atomic E-state index is 14.3. The van der Waals surface area contributed by atoms with Crippen LogP contribution in [0.4, 0.5) is 13.2 Å². The van der Waals surface area contributed by atoms with E-state index in [2.05, 4.69) is 20.6 Å². The molecular formula is C27H28F3N5O3. The number of carbonyl (C=O) groups excluding carboxylic acids is 2. The highest BCUT2D eigenvalue weighted by atomic mass is 19.3. The van der Waals surface area contributed by atoms with E-state index >= 15 is 0 Å². The number of aliphatic imine (C=N–C) groups is 1. The number of allylic oxidation sites excluding steroid dienone is 1. The van der Waals surface area contributed by atoms with Gasteiger partial charge in [-0.3, -0.25) is 19.6 Å². The number of alkyl halides is 2. The summed E-state index contributed by atoms with van der Waals surface area (Å²) in [4.78, 5) is 32.8. The molecule has 1 heterocycles. The Hall–Kier alpha value is -4.41. The van der Waals surface area contributed by atoms with Crippen molar-refractivity contribution >= 4 is 28.9 Å². The number of nitrogens with one attached hydrogen (secondary N) is 2. The molecule has 0 atom stereocenters. The fourth-order valence-corrected chi connectivity index (χ4v) is 3.40. The van der Waals surface area contributed by atoms with E-state index in [0.717, 1.165) is 6.07 Å². The van der Waals surface area contributed by atoms with Gasteiger partial charge < -0.3 is 21.1 Å². The molecule has 0 aliphatic rings. The van der Waals surface area contributed by atoms with E-state index in [0.29, 0.717) is 5.56 Å². The van der Waals surface area contributed by atoms with Gasteiger partial charge in [-0.1, -0.05) is 6.07 Å². The number of nitrogens with zero attached hydrogens (tertiary/aromatic N) is 2. The molecule has 0 aliphatic carbocycles. The topological polar surface area (TPSA) is 119 Å². The highest BCUT2D eigenvalue weighted by Crippen LogP contribution is 2.36. The molecule has 4 N–H and O–H groups in total. The molecule has 11 heteroatoms. The fourth-order valence-electron chi connectivity index (χ4n) is 3.40. The largest absolute Gasteiger partial charge is 0.456 e. The van der Waals surface area contributed by atoms with Crippen LogP contribution < -0.4 is 21.1 Å². The van der Waals surface area contributed by atoms with Gasteiger partial charge in [-0.05, 0) is 50.6 Å². The van der Waals surface area contributed by atoms with Crippen molar-refractivity contribution in [3.8, 4) is 11.5 Å². The maximum absolute atomic E-state index is 14.3. The van der Waals surface area contributed by atoms with Crippen molar-refractivity contribution in [3.63, 3.8) is 0 Å². The molecule has 38 heavy (non-hydrogen) atoms. The van der Waals surface area contributed by atoms with Gasteiger partial charge in [0.25, 0.3) is 12.3 Å². The second kappa shape index (κ2) is 11.8. The molecule has 0 saturated heterocycles. The number of benzene rings is 2. The third-order valence-corrected chi connectivity index (χ3v) is 5.21. The summed E-state index contributed by atoms with van der Waals surface area (Å²) in [6, 6.07) is 7.71. The number of ether oxygens (including phenoxy) is 1. The highest BCUT2D eigenvalue weighted by Gasteiger charge is 2.19. The van der Waals surface area contributed by atoms with Crippen molar-refractivity contribution in [2.24, 2.45) is 10.7 Å². The summed E-state index contributed by atoms with van der Waals surface area (Å²) >= 11 is 0. The van der Waals surface area contributed by atoms with Crippen LogP contribution >= 0.6 is 0 Å². The van der Waals surface area contributed by atoms with Gasteiger partial charge in [0.15, 0.2) is 0 Å². The molecule has 0 unspecified atom stereocenters. The van der Waals surface area contributed by atoms with Crippen molar-refractivity contribution in [1.29, 1.82) is 0 Å². The third-order valence-electron chi connectivity index (χ3n) is 5.21. The Labute approximate surface area is 217 Å². The van der Waals surface area contributed by atoms with E-state index in [4.69, 9.17) is 10.5 Å². The van der Waals surface area contributed by atoms with Crippen molar-refractivity contribution in [2.75, 3.05) is 7.05 Å². The van der Waals surface area contributed by atoms with Crippen LogP contribution in [-0.4, -0.2) is 35.6 Å². The molecule has 0 saturated carbocycles. The van der Waals surface area contributed by atoms with Crippen LogP contribution in [0.5, 0.6) is 11.5 Å². The molecule has 8 nitrogen and oxygen atoms in total. The lowest BCUT2D eigenvalue weighted by atomic mass is 10.1. The average Bonchev–Trinajstić information content (AvgIpc) is 2.86. The summed E-state index contributed by atoms with van der Waals surface area (Å²) < 4.78 is 48.1. The summed E-state index contributed by atoms with van der Waals surface area (Å²) in [7, 11) is 1.36. The van der Waals surface area contributed by atoms with Crippen LogP contribution in [0, 0.1) is 5.82 Å². The minimum atomic E-state index is -2.92. The fraction of sp³-hybridized carbons (Fsp3) is 0.259. The molecule has 1 aromatic heterocycles. The van der Waals surface area contributed by atoms with E-state index in [1.807, 2.05) is 20.8 Å². The Kier molecular flexibility index (Phi) is 8.72. The molecule has 2 amide bonds. The Morgan fingerprint density at radius 2 is 1.89 bits per heavy atom. The minimum Gasteiger partial charge on any atom is -0.456 e. The first-order chi connectivity index (χ1) is 17.9. The van der Waals surface area contributed by atoms with Crippen LogP contribution in [-0.2, 0) is 11.2 Å². The Balaban J connectivity index is 1.87. The summed E-state index contributed by atoms with van der Waals surface area (Å²) in [5.74, 6) is -1.98. The Morgan fingerprint density at radius 3 is 2.53 bits per heavy atom. The number of hydrogen-bond donors (Lipinski definition) is 3. The number of halogens is 3. The molecule has 2 aromatic carbocycles. The molecule has 0 fully saturated rings. The van der Waals surface area contributed by atoms with Gasteiger partial charge in [-0.15, -0.1) is 0 Å². The maximum Gasteiger partial charge on any atom is 0.267 e. The van der Waals surface area contributed by atoms with Crippen LogP contribution in [0.15, 0.2) is 59.5 Å². The van der Waals surface area contributed by atoms with Crippen LogP contribution in [0.2, 0.25) is 0 Å². The van der Waals surface area contributed by atoms with Crippen LogP contribution in [0.3, 0.4) is 0 Å². The predicted octanol–water partition coefficient (Wildman–Crippen LogP) is 4.79. The standard InChI is InChI=1S/C27H28F3N5O3/c1-27(2,3)34-14-16(13-31)35-24(36)10-15-5-6-22(19(9-15)25(29)30)38-23-7-8-33-21-12-20(28)17(11-18(21)23)26(37)32-4/h5-9,11-14,25H,10,31H2,1-4H3,(H,32,37)(H,35,36)/b16-13+,34-14?. The van der Waals surface area contributed by atoms with Crippen molar-refractivity contribution in [2.45, 2.75) is 39.2 Å². The van der Waals surface area contributed by atoms with E-state index < -0.39 is 29.6 Å². The van der Waals surface area contributed by atoms with Crippen molar-refractivity contribution in [1.82, 2.24) is 15.6 Å². The van der Waals surface area contributed by atoms with Gasteiger partial charge in [-0.25, -0.2) is 13.2 Å². The molecule has 0 spiro atoms. The quantitative estimate of drug-likeness (QED) is 0.364. The summed E-state index contributed by atoms with van der Waals surface area (Å²) in [6.07, 6.45) is 0.837. The number of aromatic nitrogens is 1. The van der Waals surface area contributed by atoms with E-state index in [9.17, 15) is 22.8 Å². The molecule has 3 rings (SSSR count). The number of rotatable bonds is 8. The normalized spacial score (nSPS) is 12.3. The van der Waals surface area contributed by atoms with Gasteiger partial charge in [0.05, 0.1) is 34.3 Å². The third kappa shape index (κ3) is 7.09. The molecule has 0 radical (unpaired) electrons. The van der Waals surface area contributed by atoms with E-state index in [-0.39, 0.29) is 45.6 Å². The zero-order valence-electron chi connectivity index (χ0n) is 21.3. The molecule has 3 aromatic rings. The lowest BCUT2D eigenvalue weighted by molar-refractivity contribution is -0.119.